The van der Waals surface area contributed by atoms with Crippen molar-refractivity contribution < 1.29 is 13.9 Å². The monoisotopic (exact) mass is 182 g/mol. The maximum Gasteiger partial charge on any atom is 0.312 e. The Morgan fingerprint density at radius 2 is 2.08 bits per heavy atom. The highest BCUT2D eigenvalue weighted by Gasteiger charge is 2.07. The second-order valence-electron chi connectivity index (χ2n) is 2.70. The van der Waals surface area contributed by atoms with Gasteiger partial charge in [0, 0.05) is 6.92 Å². The summed E-state index contributed by atoms with van der Waals surface area (Å²) in [5.74, 6) is -0.541. The number of carbonyl (C=O) groups excluding carboxylic acids is 1. The van der Waals surface area contributed by atoms with Crippen molar-refractivity contribution in [3.63, 3.8) is 0 Å². The maximum atomic E-state index is 12.2. The normalized spacial score (nSPS) is 12.2. The van der Waals surface area contributed by atoms with Gasteiger partial charge in [0.1, 0.15) is 0 Å². The van der Waals surface area contributed by atoms with Crippen LogP contribution in [0.1, 0.15) is 12.5 Å². The van der Waals surface area contributed by atoms with Crippen LogP contribution in [0.5, 0.6) is 0 Å². The summed E-state index contributed by atoms with van der Waals surface area (Å²) < 4.78 is 16.6. The van der Waals surface area contributed by atoms with Crippen LogP contribution in [0.4, 0.5) is 4.39 Å². The molecule has 1 aromatic rings. The number of halogens is 1. The van der Waals surface area contributed by atoms with E-state index in [-0.39, 0.29) is 6.42 Å². The third-order valence-electron chi connectivity index (χ3n) is 1.49. The Morgan fingerprint density at radius 3 is 2.62 bits per heavy atom. The van der Waals surface area contributed by atoms with Gasteiger partial charge in [-0.3, -0.25) is 4.79 Å². The van der Waals surface area contributed by atoms with Crippen molar-refractivity contribution in [1.82, 2.24) is 0 Å². The molecule has 0 N–H and O–H groups in total. The van der Waals surface area contributed by atoms with Gasteiger partial charge in [0.15, 0.2) is 0 Å². The van der Waals surface area contributed by atoms with Crippen molar-refractivity contribution in [2.45, 2.75) is 19.7 Å². The quantitative estimate of drug-likeness (QED) is 0.669. The molecule has 0 aromatic heterocycles. The van der Waals surface area contributed by atoms with Crippen molar-refractivity contribution in [2.24, 2.45) is 0 Å². The van der Waals surface area contributed by atoms with E-state index in [2.05, 4.69) is 4.74 Å². The summed E-state index contributed by atoms with van der Waals surface area (Å²) in [4.78, 5) is 11.0. The van der Waals surface area contributed by atoms with Crippen LogP contribution in [0.2, 0.25) is 0 Å². The van der Waals surface area contributed by atoms with E-state index in [1.807, 2.05) is 18.2 Å². The number of carbonyl (C=O) groups is 1. The van der Waals surface area contributed by atoms with Gasteiger partial charge >= 0.3 is 5.97 Å². The summed E-state index contributed by atoms with van der Waals surface area (Å²) in [6, 6.07) is 9.09. The van der Waals surface area contributed by atoms with Gasteiger partial charge in [-0.05, 0) is 5.56 Å². The predicted octanol–water partition coefficient (Wildman–Crippen LogP) is 2.09. The van der Waals surface area contributed by atoms with Crippen LogP contribution in [0, 0.1) is 0 Å². The molecule has 0 spiro atoms. The molecule has 0 saturated heterocycles. The summed E-state index contributed by atoms with van der Waals surface area (Å²) >= 11 is 0. The molecule has 3 heteroatoms. The van der Waals surface area contributed by atoms with E-state index < -0.39 is 12.3 Å². The van der Waals surface area contributed by atoms with Gasteiger partial charge in [0.05, 0.1) is 6.42 Å². The first kappa shape index (κ1) is 9.71. The smallest absolute Gasteiger partial charge is 0.312 e. The molecule has 0 aliphatic carbocycles. The highest BCUT2D eigenvalue weighted by molar-refractivity contribution is 5.72. The van der Waals surface area contributed by atoms with Crippen LogP contribution in [0.15, 0.2) is 30.3 Å². The number of hydrogen-bond acceptors (Lipinski definition) is 2. The van der Waals surface area contributed by atoms with Crippen molar-refractivity contribution in [1.29, 1.82) is 0 Å². The number of alkyl halides is 1. The molecule has 1 rings (SSSR count). The molecule has 0 fully saturated rings. The highest BCUT2D eigenvalue weighted by atomic mass is 19.1. The molecule has 0 aliphatic rings. The van der Waals surface area contributed by atoms with Crippen molar-refractivity contribution in [3.8, 4) is 0 Å². The minimum atomic E-state index is -1.53. The van der Waals surface area contributed by atoms with Crippen LogP contribution < -0.4 is 0 Å². The maximum absolute atomic E-state index is 12.2. The second kappa shape index (κ2) is 4.60. The van der Waals surface area contributed by atoms with Crippen LogP contribution >= 0.6 is 0 Å². The minimum absolute atomic E-state index is 0.120. The standard InChI is InChI=1S/C10H11FO2/c1-8(11)13-10(12)7-9-5-3-2-4-6-9/h2-6,8H,7H2,1H3. The molecule has 0 bridgehead atoms. The lowest BCUT2D eigenvalue weighted by molar-refractivity contribution is -0.155. The summed E-state index contributed by atoms with van der Waals surface area (Å²) in [5.41, 5.74) is 0.827. The Labute approximate surface area is 76.3 Å². The average Bonchev–Trinajstić information content (AvgIpc) is 2.04. The predicted molar refractivity (Wildman–Crippen MR) is 46.8 cm³/mol. The molecule has 70 valence electrons. The molecule has 0 aliphatic heterocycles. The van der Waals surface area contributed by atoms with Crippen LogP contribution in [0.25, 0.3) is 0 Å². The van der Waals surface area contributed by atoms with Crippen LogP contribution in [-0.4, -0.2) is 12.3 Å². The lowest BCUT2D eigenvalue weighted by Gasteiger charge is -2.04. The Balaban J connectivity index is 2.46. The third-order valence-corrected chi connectivity index (χ3v) is 1.49. The molecule has 1 atom stereocenters. The van der Waals surface area contributed by atoms with E-state index in [0.717, 1.165) is 5.56 Å². The fraction of sp³-hybridized carbons (Fsp3) is 0.300. The van der Waals surface area contributed by atoms with Crippen molar-refractivity contribution >= 4 is 5.97 Å². The fourth-order valence-corrected chi connectivity index (χ4v) is 0.985. The fourth-order valence-electron chi connectivity index (χ4n) is 0.985. The lowest BCUT2D eigenvalue weighted by Crippen LogP contribution is -2.12. The lowest BCUT2D eigenvalue weighted by atomic mass is 10.2. The van der Waals surface area contributed by atoms with E-state index in [1.165, 1.54) is 6.92 Å². The first-order chi connectivity index (χ1) is 6.18. The van der Waals surface area contributed by atoms with E-state index in [4.69, 9.17) is 0 Å². The molecule has 0 amide bonds. The average molecular weight is 182 g/mol. The first-order valence-corrected chi connectivity index (χ1v) is 4.06. The molecular formula is C10H11FO2. The SMILES string of the molecule is CC(F)OC(=O)Cc1ccccc1. The summed E-state index contributed by atoms with van der Waals surface area (Å²) in [6.45, 7) is 1.18. The van der Waals surface area contributed by atoms with Crippen LogP contribution in [-0.2, 0) is 16.0 Å². The number of hydrogen-bond donors (Lipinski definition) is 0. The highest BCUT2D eigenvalue weighted by Crippen LogP contribution is 2.02. The van der Waals surface area contributed by atoms with Gasteiger partial charge in [0.25, 0.3) is 0 Å². The van der Waals surface area contributed by atoms with Crippen LogP contribution in [0.3, 0.4) is 0 Å². The van der Waals surface area contributed by atoms with Gasteiger partial charge in [-0.1, -0.05) is 30.3 Å². The van der Waals surface area contributed by atoms with Gasteiger partial charge in [-0.2, -0.15) is 0 Å². The van der Waals surface area contributed by atoms with Gasteiger partial charge < -0.3 is 4.74 Å². The molecular weight excluding hydrogens is 171 g/mol. The third kappa shape index (κ3) is 3.69. The first-order valence-electron chi connectivity index (χ1n) is 4.06. The van der Waals surface area contributed by atoms with Crippen molar-refractivity contribution in [2.75, 3.05) is 0 Å². The Hall–Kier alpha value is -1.38. The second-order valence-corrected chi connectivity index (χ2v) is 2.70. The van der Waals surface area contributed by atoms with E-state index in [0.29, 0.717) is 0 Å². The zero-order chi connectivity index (χ0) is 9.68. The van der Waals surface area contributed by atoms with Gasteiger partial charge in [-0.25, -0.2) is 4.39 Å². The number of benzene rings is 1. The number of ether oxygens (including phenoxy) is 1. The van der Waals surface area contributed by atoms with Gasteiger partial charge in [0.2, 0.25) is 6.36 Å². The Bertz CT molecular complexity index is 270. The zero-order valence-corrected chi connectivity index (χ0v) is 7.37. The van der Waals surface area contributed by atoms with E-state index in [9.17, 15) is 9.18 Å². The van der Waals surface area contributed by atoms with Crippen molar-refractivity contribution in [3.05, 3.63) is 35.9 Å². The molecule has 0 heterocycles. The molecule has 13 heavy (non-hydrogen) atoms. The number of rotatable bonds is 3. The molecule has 0 saturated carbocycles. The van der Waals surface area contributed by atoms with E-state index >= 15 is 0 Å². The van der Waals surface area contributed by atoms with E-state index in [1.54, 1.807) is 12.1 Å². The molecule has 2 nitrogen and oxygen atoms in total. The van der Waals surface area contributed by atoms with Gasteiger partial charge in [-0.15, -0.1) is 0 Å². The molecule has 0 radical (unpaired) electrons. The summed E-state index contributed by atoms with van der Waals surface area (Å²) in [7, 11) is 0. The zero-order valence-electron chi connectivity index (χ0n) is 7.37. The summed E-state index contributed by atoms with van der Waals surface area (Å²) in [6.07, 6.45) is -1.41. The Kier molecular flexibility index (Phi) is 3.43. The molecule has 1 unspecified atom stereocenters. The topological polar surface area (TPSA) is 26.3 Å². The minimum Gasteiger partial charge on any atom is -0.431 e. The largest absolute Gasteiger partial charge is 0.431 e. The summed E-state index contributed by atoms with van der Waals surface area (Å²) in [5, 5.41) is 0. The Morgan fingerprint density at radius 1 is 1.46 bits per heavy atom. The molecule has 1 aromatic carbocycles. The number of esters is 1.